The number of alkyl halides is 1. The Bertz CT molecular complexity index is 1860. The molecule has 11 heteroatoms. The summed E-state index contributed by atoms with van der Waals surface area (Å²) >= 11 is 0. The number of halogens is 2. The van der Waals surface area contributed by atoms with E-state index in [1.54, 1.807) is 12.1 Å². The Morgan fingerprint density at radius 1 is 1.16 bits per heavy atom. The Kier molecular flexibility index (Phi) is 6.16. The van der Waals surface area contributed by atoms with E-state index in [1.807, 2.05) is 25.1 Å². The maximum Gasteiger partial charge on any atom is 0.319 e. The van der Waals surface area contributed by atoms with Gasteiger partial charge in [0.15, 0.2) is 5.82 Å². The predicted octanol–water partition coefficient (Wildman–Crippen LogP) is 4.91. The molecule has 0 spiro atoms. The van der Waals surface area contributed by atoms with E-state index >= 15 is 4.39 Å². The third kappa shape index (κ3) is 4.19. The number of anilines is 1. The first-order valence-corrected chi connectivity index (χ1v) is 16.2. The number of nitrogens with one attached hydrogen (secondary N) is 1. The first-order valence-electron chi connectivity index (χ1n) is 16.2. The fraction of sp³-hybridized carbons (Fsp3) is 0.500. The van der Waals surface area contributed by atoms with Crippen LogP contribution in [0.2, 0.25) is 0 Å². The number of pyridine rings is 1. The quantitative estimate of drug-likeness (QED) is 0.325. The molecule has 0 amide bonds. The van der Waals surface area contributed by atoms with Crippen LogP contribution in [-0.2, 0) is 6.42 Å². The van der Waals surface area contributed by atoms with E-state index in [2.05, 4.69) is 20.1 Å². The number of aromatic nitrogens is 3. The molecule has 2 aromatic carbocycles. The minimum absolute atomic E-state index is 0.0187. The van der Waals surface area contributed by atoms with Crippen molar-refractivity contribution in [3.63, 3.8) is 0 Å². The Hall–Kier alpha value is -3.83. The highest BCUT2D eigenvalue weighted by atomic mass is 19.1. The summed E-state index contributed by atoms with van der Waals surface area (Å²) in [7, 11) is 0. The lowest BCUT2D eigenvalue weighted by Crippen LogP contribution is -2.60. The number of aryl methyl sites for hydroxylation is 1. The average molecular weight is 615 g/mol. The molecule has 0 radical (unpaired) electrons. The standard InChI is InChI=1S/C34H36F2N6O3/c1-2-18-5-3-6-19-11-22(43)12-23(26(18)19)29-28(36)30-27-31(42-15-21-7-8-24(37-21)25(42)16-44-32(27)38-29)40-33(39-30)45-17-34-9-4-10-41(34)14-20(35)13-34/h3,5-6,11-12,20-21,24-25,37,43H,2,4,7-10,13-17H2,1H3/t20-,21?,24?,25?,34+/m1/s1. The van der Waals surface area contributed by atoms with Crippen LogP contribution in [-0.4, -0.2) is 87.6 Å². The van der Waals surface area contributed by atoms with Crippen LogP contribution < -0.4 is 19.7 Å². The molecule has 5 atom stereocenters. The van der Waals surface area contributed by atoms with Gasteiger partial charge in [-0.1, -0.05) is 25.1 Å². The van der Waals surface area contributed by atoms with E-state index in [4.69, 9.17) is 19.4 Å². The van der Waals surface area contributed by atoms with E-state index < -0.39 is 17.5 Å². The number of nitrogens with zero attached hydrogens (tertiary/aromatic N) is 5. The normalized spacial score (nSPS) is 28.7. The van der Waals surface area contributed by atoms with Crippen molar-refractivity contribution in [2.75, 3.05) is 37.7 Å². The summed E-state index contributed by atoms with van der Waals surface area (Å²) in [6.45, 7) is 4.63. The van der Waals surface area contributed by atoms with Gasteiger partial charge < -0.3 is 24.8 Å². The van der Waals surface area contributed by atoms with Crippen molar-refractivity contribution in [2.24, 2.45) is 0 Å². The number of fused-ring (bicyclic) bond motifs is 7. The molecule has 234 valence electrons. The van der Waals surface area contributed by atoms with Crippen molar-refractivity contribution in [2.45, 2.75) is 75.3 Å². The molecule has 5 aliphatic rings. The molecule has 4 saturated heterocycles. The van der Waals surface area contributed by atoms with E-state index in [-0.39, 0.29) is 47.5 Å². The molecule has 4 aromatic rings. The van der Waals surface area contributed by atoms with Crippen LogP contribution >= 0.6 is 0 Å². The van der Waals surface area contributed by atoms with Gasteiger partial charge in [-0.15, -0.1) is 0 Å². The molecule has 45 heavy (non-hydrogen) atoms. The molecule has 2 aromatic heterocycles. The second kappa shape index (κ2) is 10.1. The van der Waals surface area contributed by atoms with Crippen LogP contribution in [0.4, 0.5) is 14.6 Å². The summed E-state index contributed by atoms with van der Waals surface area (Å²) in [6, 6.07) is 9.68. The topological polar surface area (TPSA) is 95.9 Å². The van der Waals surface area contributed by atoms with Crippen molar-refractivity contribution < 1.29 is 23.4 Å². The zero-order chi connectivity index (χ0) is 30.4. The number of piperazine rings is 1. The van der Waals surface area contributed by atoms with Gasteiger partial charge in [-0.3, -0.25) is 4.90 Å². The number of ether oxygens (including phenoxy) is 2. The van der Waals surface area contributed by atoms with Gasteiger partial charge >= 0.3 is 6.01 Å². The van der Waals surface area contributed by atoms with Gasteiger partial charge in [0.05, 0.1) is 11.6 Å². The predicted molar refractivity (Wildman–Crippen MR) is 166 cm³/mol. The molecule has 0 aliphatic carbocycles. The number of rotatable bonds is 5. The number of phenolic OH excluding ortho intramolecular Hbond substituents is 1. The Balaban J connectivity index is 1.24. The summed E-state index contributed by atoms with van der Waals surface area (Å²) < 4.78 is 44.3. The molecule has 2 N–H and O–H groups in total. The summed E-state index contributed by atoms with van der Waals surface area (Å²) in [5, 5.41) is 16.5. The van der Waals surface area contributed by atoms with Gasteiger partial charge in [-0.2, -0.15) is 9.97 Å². The highest BCUT2D eigenvalue weighted by Crippen LogP contribution is 2.45. The van der Waals surface area contributed by atoms with Gasteiger partial charge in [0.2, 0.25) is 5.88 Å². The lowest BCUT2D eigenvalue weighted by atomic mass is 9.95. The monoisotopic (exact) mass is 614 g/mol. The molecular formula is C34H36F2N6O3. The van der Waals surface area contributed by atoms with E-state index in [0.29, 0.717) is 48.9 Å². The third-order valence-corrected chi connectivity index (χ3v) is 10.8. The molecule has 2 bridgehead atoms. The van der Waals surface area contributed by atoms with Crippen LogP contribution in [0.15, 0.2) is 30.3 Å². The summed E-state index contributed by atoms with van der Waals surface area (Å²) in [5.74, 6) is 0.240. The van der Waals surface area contributed by atoms with Crippen LogP contribution in [0, 0.1) is 5.82 Å². The van der Waals surface area contributed by atoms with Crippen LogP contribution in [0.1, 0.15) is 44.6 Å². The maximum absolute atomic E-state index is 17.0. The van der Waals surface area contributed by atoms with Crippen LogP contribution in [0.25, 0.3) is 32.9 Å². The Morgan fingerprint density at radius 3 is 2.96 bits per heavy atom. The average Bonchev–Trinajstić information content (AvgIpc) is 3.67. The largest absolute Gasteiger partial charge is 0.508 e. The van der Waals surface area contributed by atoms with E-state index in [9.17, 15) is 9.50 Å². The van der Waals surface area contributed by atoms with Crippen molar-refractivity contribution in [3.05, 3.63) is 41.7 Å². The SMILES string of the molecule is CCc1cccc2cc(O)cc(-c3nc4c5c(nc(OC[C@@]67CCCN6C[C@H](F)C7)nc5c3F)N3CC5CCC(N5)C3CO4)c12. The first kappa shape index (κ1) is 27.5. The third-order valence-electron chi connectivity index (χ3n) is 10.8. The molecular weight excluding hydrogens is 578 g/mol. The summed E-state index contributed by atoms with van der Waals surface area (Å²) in [4.78, 5) is 18.8. The second-order valence-electron chi connectivity index (χ2n) is 13.4. The number of phenols is 1. The lowest BCUT2D eigenvalue weighted by Gasteiger charge is -2.40. The van der Waals surface area contributed by atoms with Crippen LogP contribution in [0.5, 0.6) is 17.6 Å². The lowest BCUT2D eigenvalue weighted by molar-refractivity contribution is 0.107. The van der Waals surface area contributed by atoms with Gasteiger partial charge in [-0.05, 0) is 67.1 Å². The highest BCUT2D eigenvalue weighted by Gasteiger charge is 2.50. The van der Waals surface area contributed by atoms with Crippen molar-refractivity contribution >= 4 is 27.5 Å². The van der Waals surface area contributed by atoms with Crippen molar-refractivity contribution in [1.82, 2.24) is 25.2 Å². The molecule has 9 nitrogen and oxygen atoms in total. The second-order valence-corrected chi connectivity index (χ2v) is 13.4. The molecule has 0 saturated carbocycles. The fourth-order valence-corrected chi connectivity index (χ4v) is 8.78. The van der Waals surface area contributed by atoms with Crippen molar-refractivity contribution in [1.29, 1.82) is 0 Å². The number of aromatic hydroxyl groups is 1. The maximum atomic E-state index is 17.0. The van der Waals surface area contributed by atoms with Gasteiger partial charge in [0.1, 0.15) is 47.5 Å². The zero-order valence-corrected chi connectivity index (χ0v) is 25.2. The number of benzene rings is 2. The van der Waals surface area contributed by atoms with Gasteiger partial charge in [0.25, 0.3) is 0 Å². The molecule has 9 rings (SSSR count). The van der Waals surface area contributed by atoms with Gasteiger partial charge in [-0.25, -0.2) is 13.8 Å². The van der Waals surface area contributed by atoms with Gasteiger partial charge in [0, 0.05) is 37.2 Å². The Labute approximate surface area is 259 Å². The van der Waals surface area contributed by atoms with E-state index in [1.165, 1.54) is 0 Å². The molecule has 4 fully saturated rings. The zero-order valence-electron chi connectivity index (χ0n) is 25.2. The minimum Gasteiger partial charge on any atom is -0.508 e. The molecule has 7 heterocycles. The van der Waals surface area contributed by atoms with E-state index in [0.717, 1.165) is 55.0 Å². The highest BCUT2D eigenvalue weighted by molar-refractivity contribution is 6.03. The first-order chi connectivity index (χ1) is 21.9. The smallest absolute Gasteiger partial charge is 0.319 e. The minimum atomic E-state index is -0.885. The molecule has 3 unspecified atom stereocenters. The summed E-state index contributed by atoms with van der Waals surface area (Å²) in [5.41, 5.74) is 1.24. The Morgan fingerprint density at radius 2 is 2.07 bits per heavy atom. The number of hydrogen-bond acceptors (Lipinski definition) is 9. The van der Waals surface area contributed by atoms with Crippen LogP contribution in [0.3, 0.4) is 0 Å². The van der Waals surface area contributed by atoms with Crippen molar-refractivity contribution in [3.8, 4) is 28.9 Å². The molecule has 5 aliphatic heterocycles. The summed E-state index contributed by atoms with van der Waals surface area (Å²) in [6.07, 6.45) is 4.18. The fourth-order valence-electron chi connectivity index (χ4n) is 8.78. The number of hydrogen-bond donors (Lipinski definition) is 2.